The summed E-state index contributed by atoms with van der Waals surface area (Å²) >= 11 is 0. The van der Waals surface area contributed by atoms with Crippen molar-refractivity contribution in [1.29, 1.82) is 0 Å². The molecule has 0 aromatic rings. The molecule has 17 nitrogen and oxygen atoms in total. The van der Waals surface area contributed by atoms with E-state index in [4.69, 9.17) is 41.3 Å². The minimum atomic E-state index is -1.86. The highest BCUT2D eigenvalue weighted by Crippen LogP contribution is 2.32. The molecule has 2 saturated heterocycles. The average molecular weight is 611 g/mol. The number of hydrogen-bond donors (Lipinski definition) is 12. The van der Waals surface area contributed by atoms with E-state index in [2.05, 4.69) is 16.0 Å². The summed E-state index contributed by atoms with van der Waals surface area (Å²) in [4.78, 5) is 12.7. The lowest BCUT2D eigenvalue weighted by molar-refractivity contribution is -0.307. The first-order valence-corrected chi connectivity index (χ1v) is 14.4. The van der Waals surface area contributed by atoms with Crippen LogP contribution in [0.4, 0.5) is 0 Å². The van der Waals surface area contributed by atoms with E-state index in [1.807, 2.05) is 0 Å². The number of carbonyl (C=O) groups excluding carboxylic acids is 1. The van der Waals surface area contributed by atoms with Crippen LogP contribution in [0, 0.1) is 0 Å². The van der Waals surface area contributed by atoms with Crippen molar-refractivity contribution >= 4 is 5.91 Å². The van der Waals surface area contributed by atoms with Gasteiger partial charge in [0.15, 0.2) is 18.7 Å². The van der Waals surface area contributed by atoms with Crippen LogP contribution in [0.2, 0.25) is 0 Å². The standard InChI is InChI=1S/C25H50N6O11/c1-25(38)10-39-24(18(36)21(25)29-2)42-20-14(31-22(37)16(34)15(33)8-26)7-13(28)19(17(20)35)41-23-12(27)4-3-11(40-23)9-30-5-6-32/h11-21,23-24,29-30,32-36,38H,3-10,26-28H2,1-2H3,(H,31,37)/t11-,12?,13-,14+,15-,16-,17?,18?,19?,20?,21+,23?,24+,25?/m0/s1. The summed E-state index contributed by atoms with van der Waals surface area (Å²) in [5, 5.41) is 70.6. The molecule has 14 atom stereocenters. The second kappa shape index (κ2) is 15.7. The zero-order chi connectivity index (χ0) is 31.2. The number of ether oxygens (including phenoxy) is 4. The van der Waals surface area contributed by atoms with Crippen LogP contribution in [0.1, 0.15) is 26.2 Å². The van der Waals surface area contributed by atoms with Gasteiger partial charge in [-0.25, -0.2) is 0 Å². The molecule has 1 amide bonds. The Kier molecular flexibility index (Phi) is 13.2. The van der Waals surface area contributed by atoms with Crippen LogP contribution in [-0.4, -0.2) is 162 Å². The molecule has 0 radical (unpaired) electrons. The smallest absolute Gasteiger partial charge is 0.251 e. The summed E-state index contributed by atoms with van der Waals surface area (Å²) in [6.07, 6.45) is -9.98. The Balaban J connectivity index is 1.80. The fourth-order valence-electron chi connectivity index (χ4n) is 5.68. The van der Waals surface area contributed by atoms with Gasteiger partial charge in [-0.1, -0.05) is 0 Å². The zero-order valence-corrected chi connectivity index (χ0v) is 24.1. The molecule has 17 heteroatoms. The van der Waals surface area contributed by atoms with Crippen molar-refractivity contribution in [3.05, 3.63) is 0 Å². The quantitative estimate of drug-likeness (QED) is 0.0863. The van der Waals surface area contributed by atoms with E-state index in [0.717, 1.165) is 0 Å². The van der Waals surface area contributed by atoms with Crippen LogP contribution in [-0.2, 0) is 23.7 Å². The fourth-order valence-corrected chi connectivity index (χ4v) is 5.68. The maximum atomic E-state index is 12.7. The maximum Gasteiger partial charge on any atom is 0.251 e. The number of amides is 1. The molecule has 1 saturated carbocycles. The number of aliphatic hydroxyl groups excluding tert-OH is 5. The SMILES string of the molecule is CN[C@@H]1C(O)[C@@H](OC2C(O)C(OC3O[C@H](CNCCO)CCC3N)[C@@H](N)C[C@H]2NC(=O)[C@@H](O)[C@@H](O)CN)OCC1(C)O. The van der Waals surface area contributed by atoms with Gasteiger partial charge in [0, 0.05) is 25.7 Å². The van der Waals surface area contributed by atoms with Crippen molar-refractivity contribution in [2.75, 3.05) is 39.9 Å². The molecule has 7 unspecified atom stereocenters. The van der Waals surface area contributed by atoms with Gasteiger partial charge in [-0.15, -0.1) is 0 Å². The molecule has 3 rings (SSSR count). The number of hydrogen-bond acceptors (Lipinski definition) is 16. The molecule has 2 heterocycles. The van der Waals surface area contributed by atoms with Crippen LogP contribution in [0.3, 0.4) is 0 Å². The fraction of sp³-hybridized carbons (Fsp3) is 0.960. The van der Waals surface area contributed by atoms with E-state index < -0.39 is 84.9 Å². The van der Waals surface area contributed by atoms with Gasteiger partial charge >= 0.3 is 0 Å². The lowest BCUT2D eigenvalue weighted by Gasteiger charge is -2.49. The third-order valence-corrected chi connectivity index (χ3v) is 8.10. The van der Waals surface area contributed by atoms with Crippen molar-refractivity contribution in [2.24, 2.45) is 17.2 Å². The van der Waals surface area contributed by atoms with Crippen LogP contribution in [0.15, 0.2) is 0 Å². The van der Waals surface area contributed by atoms with E-state index in [-0.39, 0.29) is 32.3 Å². The van der Waals surface area contributed by atoms with Gasteiger partial charge in [0.05, 0.1) is 37.4 Å². The molecular weight excluding hydrogens is 560 g/mol. The van der Waals surface area contributed by atoms with Gasteiger partial charge in [0.2, 0.25) is 0 Å². The molecule has 0 aromatic heterocycles. The Bertz CT molecular complexity index is 847. The topological polar surface area (TPSA) is 290 Å². The highest BCUT2D eigenvalue weighted by Gasteiger charge is 2.52. The largest absolute Gasteiger partial charge is 0.395 e. The minimum absolute atomic E-state index is 0.0109. The number of rotatable bonds is 13. The molecule has 2 aliphatic heterocycles. The van der Waals surface area contributed by atoms with E-state index in [9.17, 15) is 30.3 Å². The highest BCUT2D eigenvalue weighted by molar-refractivity contribution is 5.81. The van der Waals surface area contributed by atoms with Crippen LogP contribution >= 0.6 is 0 Å². The molecular formula is C25H50N6O11. The van der Waals surface area contributed by atoms with Crippen molar-refractivity contribution in [1.82, 2.24) is 16.0 Å². The molecule has 0 spiro atoms. The minimum Gasteiger partial charge on any atom is -0.395 e. The van der Waals surface area contributed by atoms with Crippen LogP contribution < -0.4 is 33.2 Å². The Labute approximate surface area is 245 Å². The Morgan fingerprint density at radius 3 is 2.43 bits per heavy atom. The van der Waals surface area contributed by atoms with Gasteiger partial charge in [-0.05, 0) is 33.2 Å². The summed E-state index contributed by atoms with van der Waals surface area (Å²) in [5.74, 6) is -0.970. The molecule has 3 fully saturated rings. The number of nitrogens with two attached hydrogens (primary N) is 3. The van der Waals surface area contributed by atoms with E-state index in [1.54, 1.807) is 7.05 Å². The summed E-state index contributed by atoms with van der Waals surface area (Å²) in [7, 11) is 1.55. The predicted octanol–water partition coefficient (Wildman–Crippen LogP) is -6.52. The summed E-state index contributed by atoms with van der Waals surface area (Å²) in [6.45, 7) is 1.73. The van der Waals surface area contributed by atoms with Crippen molar-refractivity contribution in [2.45, 2.75) is 111 Å². The lowest BCUT2D eigenvalue weighted by Crippen LogP contribution is -2.69. The number of carbonyl (C=O) groups is 1. The second-order valence-corrected chi connectivity index (χ2v) is 11.5. The van der Waals surface area contributed by atoms with Crippen molar-refractivity contribution in [3.8, 4) is 0 Å². The van der Waals surface area contributed by atoms with Gasteiger partial charge in [-0.2, -0.15) is 0 Å². The monoisotopic (exact) mass is 610 g/mol. The Morgan fingerprint density at radius 2 is 1.79 bits per heavy atom. The van der Waals surface area contributed by atoms with Gasteiger partial charge in [-0.3, -0.25) is 4.79 Å². The lowest BCUT2D eigenvalue weighted by atomic mass is 9.83. The molecule has 0 aromatic carbocycles. The highest BCUT2D eigenvalue weighted by atomic mass is 16.7. The van der Waals surface area contributed by atoms with Gasteiger partial charge in [0.25, 0.3) is 5.91 Å². The summed E-state index contributed by atoms with van der Waals surface area (Å²) < 4.78 is 23.8. The van der Waals surface area contributed by atoms with E-state index >= 15 is 0 Å². The molecule has 246 valence electrons. The zero-order valence-electron chi connectivity index (χ0n) is 24.1. The first-order chi connectivity index (χ1) is 19.8. The van der Waals surface area contributed by atoms with Crippen LogP contribution in [0.25, 0.3) is 0 Å². The predicted molar refractivity (Wildman–Crippen MR) is 146 cm³/mol. The number of likely N-dealkylation sites (N-methyl/N-ethyl adjacent to an activating group) is 1. The maximum absolute atomic E-state index is 12.7. The third-order valence-electron chi connectivity index (χ3n) is 8.10. The summed E-state index contributed by atoms with van der Waals surface area (Å²) in [5.41, 5.74) is 16.6. The van der Waals surface area contributed by atoms with Gasteiger partial charge in [0.1, 0.15) is 36.1 Å². The van der Waals surface area contributed by atoms with Crippen LogP contribution in [0.5, 0.6) is 0 Å². The average Bonchev–Trinajstić information content (AvgIpc) is 2.94. The van der Waals surface area contributed by atoms with Gasteiger partial charge < -0.3 is 82.7 Å². The number of nitrogens with one attached hydrogen (secondary N) is 3. The first kappa shape index (κ1) is 35.4. The Morgan fingerprint density at radius 1 is 1.10 bits per heavy atom. The molecule has 42 heavy (non-hydrogen) atoms. The molecule has 15 N–H and O–H groups in total. The van der Waals surface area contributed by atoms with Crippen molar-refractivity contribution < 1.29 is 54.4 Å². The molecule has 1 aliphatic carbocycles. The second-order valence-electron chi connectivity index (χ2n) is 11.5. The van der Waals surface area contributed by atoms with Crippen molar-refractivity contribution in [3.63, 3.8) is 0 Å². The third kappa shape index (κ3) is 8.52. The first-order valence-electron chi connectivity index (χ1n) is 14.4. The van der Waals surface area contributed by atoms with E-state index in [0.29, 0.717) is 25.9 Å². The Hall–Kier alpha value is -1.13. The molecule has 3 aliphatic rings. The summed E-state index contributed by atoms with van der Waals surface area (Å²) in [6, 6.07) is -3.27. The number of aliphatic hydroxyl groups is 6. The normalized spacial score (nSPS) is 42.6. The molecule has 0 bridgehead atoms. The van der Waals surface area contributed by atoms with E-state index in [1.165, 1.54) is 6.92 Å².